The van der Waals surface area contributed by atoms with Gasteiger partial charge >= 0.3 is 6.09 Å². The third-order valence-electron chi connectivity index (χ3n) is 4.34. The van der Waals surface area contributed by atoms with Gasteiger partial charge in [0.25, 0.3) is 0 Å². The molecule has 1 atom stereocenters. The Kier molecular flexibility index (Phi) is 4.07. The first-order valence-electron chi connectivity index (χ1n) is 8.12. The monoisotopic (exact) mass is 338 g/mol. The summed E-state index contributed by atoms with van der Waals surface area (Å²) in [6.07, 6.45) is 4.13. The predicted molar refractivity (Wildman–Crippen MR) is 93.4 cm³/mol. The van der Waals surface area contributed by atoms with Gasteiger partial charge in [0, 0.05) is 55.6 Å². The second-order valence-electron chi connectivity index (χ2n) is 6.00. The molecule has 3 heterocycles. The van der Waals surface area contributed by atoms with E-state index in [1.807, 2.05) is 18.2 Å². The van der Waals surface area contributed by atoms with Crippen molar-refractivity contribution in [1.29, 1.82) is 0 Å². The van der Waals surface area contributed by atoms with E-state index in [-0.39, 0.29) is 6.10 Å². The Morgan fingerprint density at radius 3 is 2.96 bits per heavy atom. The average molecular weight is 338 g/mol. The molecule has 0 spiro atoms. The summed E-state index contributed by atoms with van der Waals surface area (Å²) in [5.74, 6) is 0. The van der Waals surface area contributed by atoms with Crippen molar-refractivity contribution in [2.24, 2.45) is 0 Å². The summed E-state index contributed by atoms with van der Waals surface area (Å²) in [6.45, 7) is 0.545. The van der Waals surface area contributed by atoms with E-state index in [0.717, 1.165) is 33.4 Å². The lowest BCUT2D eigenvalue weighted by Gasteiger charge is -2.13. The molecular formula is C18H18N4O3. The Morgan fingerprint density at radius 2 is 2.16 bits per heavy atom. The fourth-order valence-electron chi connectivity index (χ4n) is 3.11. The van der Waals surface area contributed by atoms with E-state index >= 15 is 0 Å². The summed E-state index contributed by atoms with van der Waals surface area (Å²) < 4.78 is 10.6. The van der Waals surface area contributed by atoms with Crippen LogP contribution in [0.4, 0.5) is 10.5 Å². The van der Waals surface area contributed by atoms with Crippen LogP contribution >= 0.6 is 0 Å². The molecule has 4 rings (SSSR count). The van der Waals surface area contributed by atoms with Crippen LogP contribution in [0.5, 0.6) is 0 Å². The molecule has 1 aliphatic heterocycles. The van der Waals surface area contributed by atoms with Crippen LogP contribution < -0.4 is 5.32 Å². The van der Waals surface area contributed by atoms with Crippen molar-refractivity contribution in [3.63, 3.8) is 0 Å². The molecule has 0 fully saturated rings. The van der Waals surface area contributed by atoms with Crippen LogP contribution in [0.1, 0.15) is 12.0 Å². The van der Waals surface area contributed by atoms with Crippen LogP contribution in [0.15, 0.2) is 36.7 Å². The Hall–Kier alpha value is -2.93. The van der Waals surface area contributed by atoms with Crippen molar-refractivity contribution >= 4 is 22.7 Å². The van der Waals surface area contributed by atoms with E-state index in [2.05, 4.69) is 26.6 Å². The molecule has 1 amide bonds. The largest absolute Gasteiger partial charge is 0.446 e. The SMILES string of the molecule is COCCC1Cc2cc3c(-c4ccncc4)n[nH]c3cc2NC(=O)O1. The molecule has 0 aliphatic carbocycles. The van der Waals surface area contributed by atoms with Crippen LogP contribution in [-0.2, 0) is 15.9 Å². The quantitative estimate of drug-likeness (QED) is 0.763. The topological polar surface area (TPSA) is 89.1 Å². The first-order chi connectivity index (χ1) is 12.2. The number of anilines is 1. The number of hydrogen-bond donors (Lipinski definition) is 2. The highest BCUT2D eigenvalue weighted by atomic mass is 16.6. The highest BCUT2D eigenvalue weighted by Gasteiger charge is 2.23. The van der Waals surface area contributed by atoms with Gasteiger partial charge in [-0.2, -0.15) is 5.10 Å². The van der Waals surface area contributed by atoms with Crippen molar-refractivity contribution < 1.29 is 14.3 Å². The van der Waals surface area contributed by atoms with Gasteiger partial charge in [-0.05, 0) is 29.8 Å². The van der Waals surface area contributed by atoms with Crippen molar-refractivity contribution in [1.82, 2.24) is 15.2 Å². The molecule has 0 saturated heterocycles. The number of nitrogens with zero attached hydrogens (tertiary/aromatic N) is 2. The summed E-state index contributed by atoms with van der Waals surface area (Å²) in [4.78, 5) is 16.0. The number of amides is 1. The summed E-state index contributed by atoms with van der Waals surface area (Å²) in [5, 5.41) is 11.3. The third-order valence-corrected chi connectivity index (χ3v) is 4.34. The zero-order valence-electron chi connectivity index (χ0n) is 13.8. The number of aromatic nitrogens is 3. The molecule has 1 aromatic carbocycles. The van der Waals surface area contributed by atoms with Crippen molar-refractivity contribution in [2.75, 3.05) is 19.0 Å². The van der Waals surface area contributed by atoms with Crippen molar-refractivity contribution in [3.8, 4) is 11.3 Å². The smallest absolute Gasteiger partial charge is 0.411 e. The van der Waals surface area contributed by atoms with Gasteiger partial charge in [-0.3, -0.25) is 15.4 Å². The number of pyridine rings is 1. The number of rotatable bonds is 4. The average Bonchev–Trinajstić information content (AvgIpc) is 2.95. The maximum Gasteiger partial charge on any atom is 0.411 e. The van der Waals surface area contributed by atoms with Gasteiger partial charge in [-0.15, -0.1) is 0 Å². The standard InChI is InChI=1S/C18H18N4O3/c1-24-7-4-13-8-12-9-14-16(10-15(12)20-18(23)25-13)21-22-17(14)11-2-5-19-6-3-11/h2-3,5-6,9-10,13H,4,7-8H2,1H3,(H,20,23)(H,21,22). The first kappa shape index (κ1) is 15.6. The normalized spacial score (nSPS) is 16.8. The van der Waals surface area contributed by atoms with Gasteiger partial charge in [0.15, 0.2) is 0 Å². The van der Waals surface area contributed by atoms with E-state index in [1.165, 1.54) is 0 Å². The van der Waals surface area contributed by atoms with Crippen molar-refractivity contribution in [2.45, 2.75) is 18.9 Å². The molecule has 2 aromatic heterocycles. The fourth-order valence-corrected chi connectivity index (χ4v) is 3.11. The maximum absolute atomic E-state index is 12.0. The van der Waals surface area contributed by atoms with Gasteiger partial charge in [-0.25, -0.2) is 4.79 Å². The van der Waals surface area contributed by atoms with Crippen LogP contribution in [0.3, 0.4) is 0 Å². The van der Waals surface area contributed by atoms with E-state index < -0.39 is 6.09 Å². The predicted octanol–water partition coefficient (Wildman–Crippen LogP) is 3.13. The molecule has 128 valence electrons. The molecule has 7 heteroatoms. The van der Waals surface area contributed by atoms with Crippen LogP contribution in [-0.4, -0.2) is 41.1 Å². The van der Waals surface area contributed by atoms with E-state index in [1.54, 1.807) is 19.5 Å². The Morgan fingerprint density at radius 1 is 1.32 bits per heavy atom. The number of ether oxygens (including phenoxy) is 2. The molecule has 0 bridgehead atoms. The number of benzene rings is 1. The van der Waals surface area contributed by atoms with Gasteiger partial charge in [0.1, 0.15) is 11.8 Å². The summed E-state index contributed by atoms with van der Waals surface area (Å²) in [6, 6.07) is 7.82. The second kappa shape index (κ2) is 6.52. The lowest BCUT2D eigenvalue weighted by atomic mass is 10.00. The molecule has 1 aliphatic rings. The molecular weight excluding hydrogens is 320 g/mol. The van der Waals surface area contributed by atoms with E-state index in [0.29, 0.717) is 19.4 Å². The van der Waals surface area contributed by atoms with Crippen molar-refractivity contribution in [3.05, 3.63) is 42.2 Å². The van der Waals surface area contributed by atoms with Gasteiger partial charge in [-0.1, -0.05) is 0 Å². The summed E-state index contributed by atoms with van der Waals surface area (Å²) in [7, 11) is 1.64. The Bertz CT molecular complexity index is 907. The molecule has 0 radical (unpaired) electrons. The number of nitrogens with one attached hydrogen (secondary N) is 2. The number of methoxy groups -OCH3 is 1. The minimum Gasteiger partial charge on any atom is -0.446 e. The molecule has 25 heavy (non-hydrogen) atoms. The zero-order chi connectivity index (χ0) is 17.2. The number of hydrogen-bond acceptors (Lipinski definition) is 5. The molecule has 1 unspecified atom stereocenters. The Balaban J connectivity index is 1.76. The minimum atomic E-state index is -0.437. The maximum atomic E-state index is 12.0. The second-order valence-corrected chi connectivity index (χ2v) is 6.00. The summed E-state index contributed by atoms with van der Waals surface area (Å²) >= 11 is 0. The minimum absolute atomic E-state index is 0.213. The molecule has 0 saturated carbocycles. The third kappa shape index (κ3) is 3.06. The molecule has 2 N–H and O–H groups in total. The number of aromatic amines is 1. The van der Waals surface area contributed by atoms with Gasteiger partial charge in [0.2, 0.25) is 0 Å². The number of carbonyl (C=O) groups is 1. The van der Waals surface area contributed by atoms with E-state index in [9.17, 15) is 4.79 Å². The number of fused-ring (bicyclic) bond motifs is 2. The Labute approximate surface area is 144 Å². The van der Waals surface area contributed by atoms with Crippen LogP contribution in [0.2, 0.25) is 0 Å². The van der Waals surface area contributed by atoms with Gasteiger partial charge < -0.3 is 9.47 Å². The highest BCUT2D eigenvalue weighted by Crippen LogP contribution is 2.32. The zero-order valence-corrected chi connectivity index (χ0v) is 13.8. The lowest BCUT2D eigenvalue weighted by Crippen LogP contribution is -2.21. The van der Waals surface area contributed by atoms with Crippen LogP contribution in [0.25, 0.3) is 22.2 Å². The van der Waals surface area contributed by atoms with Crippen LogP contribution in [0, 0.1) is 0 Å². The molecule has 3 aromatic rings. The molecule has 7 nitrogen and oxygen atoms in total. The van der Waals surface area contributed by atoms with E-state index in [4.69, 9.17) is 9.47 Å². The lowest BCUT2D eigenvalue weighted by molar-refractivity contribution is 0.0829. The number of H-pyrrole nitrogens is 1. The number of cyclic esters (lactones) is 1. The van der Waals surface area contributed by atoms with Gasteiger partial charge in [0.05, 0.1) is 5.52 Å². The highest BCUT2D eigenvalue weighted by molar-refractivity contribution is 5.98. The number of carbonyl (C=O) groups excluding carboxylic acids is 1. The summed E-state index contributed by atoms with van der Waals surface area (Å²) in [5.41, 5.74) is 4.50. The first-order valence-corrected chi connectivity index (χ1v) is 8.12. The fraction of sp³-hybridized carbons (Fsp3) is 0.278.